The van der Waals surface area contributed by atoms with E-state index < -0.39 is 11.6 Å². The highest BCUT2D eigenvalue weighted by Gasteiger charge is 2.47. The highest BCUT2D eigenvalue weighted by Crippen LogP contribution is 2.30. The van der Waals surface area contributed by atoms with Crippen LogP contribution in [0.15, 0.2) is 35.5 Å². The average molecular weight is 395 g/mol. The molecule has 6 nitrogen and oxygen atoms in total. The van der Waals surface area contributed by atoms with Gasteiger partial charge in [0.1, 0.15) is 4.34 Å². The van der Waals surface area contributed by atoms with Crippen molar-refractivity contribution in [2.24, 2.45) is 5.16 Å². The Balaban J connectivity index is 1.61. The molecule has 0 aliphatic carbocycles. The molecular weight excluding hydrogens is 376 g/mol. The lowest BCUT2D eigenvalue weighted by molar-refractivity contribution is -0.166. The Morgan fingerprint density at radius 2 is 2.12 bits per heavy atom. The lowest BCUT2D eigenvalue weighted by Crippen LogP contribution is -2.42. The van der Waals surface area contributed by atoms with Gasteiger partial charge in [0, 0.05) is 12.8 Å². The van der Waals surface area contributed by atoms with Crippen molar-refractivity contribution in [1.29, 1.82) is 0 Å². The molecule has 0 saturated heterocycles. The van der Waals surface area contributed by atoms with Crippen LogP contribution >= 0.6 is 22.9 Å². The Labute approximate surface area is 160 Å². The first-order valence-electron chi connectivity index (χ1n) is 8.08. The van der Waals surface area contributed by atoms with Crippen LogP contribution in [0.5, 0.6) is 0 Å². The lowest BCUT2D eigenvalue weighted by Gasteiger charge is -2.23. The van der Waals surface area contributed by atoms with Crippen LogP contribution in [-0.2, 0) is 32.1 Å². The van der Waals surface area contributed by atoms with Crippen molar-refractivity contribution in [3.8, 4) is 0 Å². The zero-order valence-corrected chi connectivity index (χ0v) is 16.1. The summed E-state index contributed by atoms with van der Waals surface area (Å²) in [5, 5.41) is 4.94. The molecule has 0 bridgehead atoms. The summed E-state index contributed by atoms with van der Waals surface area (Å²) in [6.45, 7) is 2.41. The SMILES string of the molecule is COC(=O)C1(Cc2ccccc2)CC(COCc2nc(C)sc2Cl)=NO1. The number of hydrogen-bond acceptors (Lipinski definition) is 7. The van der Waals surface area contributed by atoms with Gasteiger partial charge in [-0.1, -0.05) is 47.1 Å². The van der Waals surface area contributed by atoms with E-state index in [9.17, 15) is 4.79 Å². The Morgan fingerprint density at radius 1 is 1.35 bits per heavy atom. The number of carbonyl (C=O) groups is 1. The van der Waals surface area contributed by atoms with Crippen LogP contribution in [0.25, 0.3) is 0 Å². The Morgan fingerprint density at radius 3 is 2.77 bits per heavy atom. The predicted molar refractivity (Wildman–Crippen MR) is 99.5 cm³/mol. The van der Waals surface area contributed by atoms with Crippen molar-refractivity contribution in [1.82, 2.24) is 4.98 Å². The summed E-state index contributed by atoms with van der Waals surface area (Å²) in [4.78, 5) is 22.2. The van der Waals surface area contributed by atoms with E-state index in [-0.39, 0.29) is 13.2 Å². The summed E-state index contributed by atoms with van der Waals surface area (Å²) in [7, 11) is 1.35. The van der Waals surface area contributed by atoms with Crippen molar-refractivity contribution in [3.05, 3.63) is 50.9 Å². The van der Waals surface area contributed by atoms with E-state index in [1.165, 1.54) is 18.4 Å². The van der Waals surface area contributed by atoms with E-state index in [0.717, 1.165) is 10.6 Å². The molecule has 1 unspecified atom stereocenters. The standard InChI is InChI=1S/C18H19ClN2O4S/c1-12-20-15(16(19)26-12)11-24-10-14-9-18(25-21-14,17(22)23-2)8-13-6-4-3-5-7-13/h3-7H,8-11H2,1-2H3. The molecule has 2 aromatic rings. The summed E-state index contributed by atoms with van der Waals surface area (Å²) < 4.78 is 11.2. The largest absolute Gasteiger partial charge is 0.466 e. The van der Waals surface area contributed by atoms with E-state index in [4.69, 9.17) is 25.9 Å². The van der Waals surface area contributed by atoms with Crippen molar-refractivity contribution in [2.75, 3.05) is 13.7 Å². The van der Waals surface area contributed by atoms with Gasteiger partial charge in [-0.25, -0.2) is 9.78 Å². The van der Waals surface area contributed by atoms with E-state index in [1.54, 1.807) is 0 Å². The molecule has 0 fully saturated rings. The number of aromatic nitrogens is 1. The van der Waals surface area contributed by atoms with Gasteiger partial charge in [0.15, 0.2) is 0 Å². The maximum Gasteiger partial charge on any atom is 0.353 e. The number of nitrogens with zero attached hydrogens (tertiary/aromatic N) is 2. The second-order valence-corrected chi connectivity index (χ2v) is 7.83. The fraction of sp³-hybridized carbons (Fsp3) is 0.389. The molecule has 1 aromatic heterocycles. The number of ether oxygens (including phenoxy) is 2. The fourth-order valence-corrected chi connectivity index (χ4v) is 3.88. The van der Waals surface area contributed by atoms with Crippen molar-refractivity contribution in [3.63, 3.8) is 0 Å². The normalized spacial score (nSPS) is 19.1. The molecule has 8 heteroatoms. The number of benzene rings is 1. The van der Waals surface area contributed by atoms with Crippen LogP contribution in [0.1, 0.15) is 22.7 Å². The first kappa shape index (κ1) is 18.8. The van der Waals surface area contributed by atoms with Crippen LogP contribution in [0.3, 0.4) is 0 Å². The minimum Gasteiger partial charge on any atom is -0.466 e. The highest BCUT2D eigenvalue weighted by atomic mass is 35.5. The number of aryl methyl sites for hydroxylation is 1. The number of methoxy groups -OCH3 is 1. The molecule has 3 rings (SSSR count). The smallest absolute Gasteiger partial charge is 0.353 e. The first-order chi connectivity index (χ1) is 12.5. The van der Waals surface area contributed by atoms with Crippen molar-refractivity contribution in [2.45, 2.75) is 32.0 Å². The molecule has 1 aromatic carbocycles. The number of esters is 1. The van der Waals surface area contributed by atoms with Gasteiger partial charge in [-0.2, -0.15) is 0 Å². The van der Waals surface area contributed by atoms with Gasteiger partial charge < -0.3 is 14.3 Å². The molecule has 0 spiro atoms. The number of thiazole rings is 1. The third-order valence-electron chi connectivity index (χ3n) is 3.99. The van der Waals surface area contributed by atoms with Gasteiger partial charge in [-0.05, 0) is 12.5 Å². The van der Waals surface area contributed by atoms with Gasteiger partial charge in [0.2, 0.25) is 5.60 Å². The van der Waals surface area contributed by atoms with Crippen LogP contribution in [-0.4, -0.2) is 36.0 Å². The van der Waals surface area contributed by atoms with Gasteiger partial charge in [0.05, 0.1) is 36.7 Å². The van der Waals surface area contributed by atoms with E-state index in [2.05, 4.69) is 10.1 Å². The highest BCUT2D eigenvalue weighted by molar-refractivity contribution is 7.15. The summed E-state index contributed by atoms with van der Waals surface area (Å²) in [6, 6.07) is 9.63. The second-order valence-electron chi connectivity index (χ2n) is 6.02. The first-order valence-corrected chi connectivity index (χ1v) is 9.28. The van der Waals surface area contributed by atoms with E-state index in [1.807, 2.05) is 37.3 Å². The molecule has 1 aliphatic rings. The third kappa shape index (κ3) is 4.23. The zero-order valence-electron chi connectivity index (χ0n) is 14.5. The molecule has 0 N–H and O–H groups in total. The number of halogens is 1. The predicted octanol–water partition coefficient (Wildman–Crippen LogP) is 3.55. The average Bonchev–Trinajstić information content (AvgIpc) is 3.19. The van der Waals surface area contributed by atoms with Crippen molar-refractivity contribution >= 4 is 34.6 Å². The molecule has 0 amide bonds. The molecule has 0 radical (unpaired) electrons. The van der Waals surface area contributed by atoms with Gasteiger partial charge in [0.25, 0.3) is 0 Å². The summed E-state index contributed by atoms with van der Waals surface area (Å²) in [5.74, 6) is -0.446. The van der Waals surface area contributed by atoms with Crippen molar-refractivity contribution < 1.29 is 19.1 Å². The van der Waals surface area contributed by atoms with Crippen LogP contribution in [0.4, 0.5) is 0 Å². The van der Waals surface area contributed by atoms with Gasteiger partial charge in [-0.15, -0.1) is 11.3 Å². The maximum atomic E-state index is 12.3. The molecule has 138 valence electrons. The second kappa shape index (κ2) is 8.16. The minimum atomic E-state index is -1.15. The summed E-state index contributed by atoms with van der Waals surface area (Å²) in [6.07, 6.45) is 0.697. The molecule has 0 saturated carbocycles. The Kier molecular flexibility index (Phi) is 5.90. The van der Waals surface area contributed by atoms with Crippen LogP contribution in [0, 0.1) is 6.92 Å². The third-order valence-corrected chi connectivity index (χ3v) is 5.24. The monoisotopic (exact) mass is 394 g/mol. The topological polar surface area (TPSA) is 70.0 Å². The summed E-state index contributed by atoms with van der Waals surface area (Å²) in [5.41, 5.74) is 1.18. The van der Waals surface area contributed by atoms with Gasteiger partial charge >= 0.3 is 5.97 Å². The fourth-order valence-electron chi connectivity index (χ4n) is 2.81. The molecule has 1 aliphatic heterocycles. The Hall–Kier alpha value is -1.96. The number of hydrogen-bond donors (Lipinski definition) is 0. The molecule has 1 atom stereocenters. The molecule has 26 heavy (non-hydrogen) atoms. The quantitative estimate of drug-likeness (QED) is 0.671. The number of oxime groups is 1. The van der Waals surface area contributed by atoms with E-state index >= 15 is 0 Å². The Bertz CT molecular complexity index is 809. The van der Waals surface area contributed by atoms with Crippen LogP contribution in [0.2, 0.25) is 4.34 Å². The van der Waals surface area contributed by atoms with E-state index in [0.29, 0.717) is 28.6 Å². The molecular formula is C18H19ClN2O4S. The number of carbonyl (C=O) groups excluding carboxylic acids is 1. The minimum absolute atomic E-state index is 0.237. The lowest BCUT2D eigenvalue weighted by atomic mass is 9.90. The molecule has 2 heterocycles. The summed E-state index contributed by atoms with van der Waals surface area (Å²) >= 11 is 7.51. The van der Waals surface area contributed by atoms with Crippen LogP contribution < -0.4 is 0 Å². The maximum absolute atomic E-state index is 12.3. The van der Waals surface area contributed by atoms with Gasteiger partial charge in [-0.3, -0.25) is 0 Å². The zero-order chi connectivity index (χ0) is 18.6. The number of rotatable bonds is 7.